The van der Waals surface area contributed by atoms with Gasteiger partial charge < -0.3 is 10.1 Å². The molecule has 2 unspecified atom stereocenters. The fourth-order valence-electron chi connectivity index (χ4n) is 4.43. The zero-order chi connectivity index (χ0) is 15.5. The highest BCUT2D eigenvalue weighted by Gasteiger charge is 2.49. The maximum absolute atomic E-state index is 12.4. The van der Waals surface area contributed by atoms with E-state index in [9.17, 15) is 4.79 Å². The van der Waals surface area contributed by atoms with E-state index < -0.39 is 5.54 Å². The number of nitrogens with zero attached hydrogens (tertiary/aromatic N) is 1. The van der Waals surface area contributed by atoms with Gasteiger partial charge in [-0.1, -0.05) is 13.3 Å². The predicted octanol–water partition coefficient (Wildman–Crippen LogP) is 2.57. The third kappa shape index (κ3) is 3.26. The largest absolute Gasteiger partial charge is 0.468 e. The Morgan fingerprint density at radius 1 is 1.33 bits per heavy atom. The van der Waals surface area contributed by atoms with Gasteiger partial charge in [0.05, 0.1) is 7.11 Å². The van der Waals surface area contributed by atoms with Crippen molar-refractivity contribution in [3.05, 3.63) is 0 Å². The minimum atomic E-state index is -0.437. The van der Waals surface area contributed by atoms with Gasteiger partial charge in [0.15, 0.2) is 0 Å². The normalized spacial score (nSPS) is 32.5. The van der Waals surface area contributed by atoms with Gasteiger partial charge in [0, 0.05) is 5.54 Å². The molecule has 1 saturated carbocycles. The van der Waals surface area contributed by atoms with Gasteiger partial charge in [-0.05, 0) is 71.5 Å². The summed E-state index contributed by atoms with van der Waals surface area (Å²) in [5, 5.41) is 3.46. The second kappa shape index (κ2) is 6.66. The molecule has 0 radical (unpaired) electrons. The Morgan fingerprint density at radius 2 is 2.10 bits per heavy atom. The number of hydrogen-bond donors (Lipinski definition) is 1. The van der Waals surface area contributed by atoms with Crippen LogP contribution in [0.4, 0.5) is 0 Å². The van der Waals surface area contributed by atoms with Crippen molar-refractivity contribution in [1.29, 1.82) is 0 Å². The number of methoxy groups -OCH3 is 1. The maximum Gasteiger partial charge on any atom is 0.326 e. The van der Waals surface area contributed by atoms with E-state index in [1.165, 1.54) is 26.5 Å². The SMILES string of the molecule is CCNC1(C(=O)OC)CCCC1CCN1CCCC1(C)C. The molecule has 2 rings (SSSR count). The van der Waals surface area contributed by atoms with Crippen molar-refractivity contribution in [3.8, 4) is 0 Å². The lowest BCUT2D eigenvalue weighted by molar-refractivity contribution is -0.150. The lowest BCUT2D eigenvalue weighted by Gasteiger charge is -2.37. The van der Waals surface area contributed by atoms with Crippen LogP contribution in [0.15, 0.2) is 0 Å². The molecule has 0 aromatic rings. The van der Waals surface area contributed by atoms with Gasteiger partial charge in [0.25, 0.3) is 0 Å². The van der Waals surface area contributed by atoms with E-state index in [0.29, 0.717) is 11.5 Å². The van der Waals surface area contributed by atoms with E-state index in [2.05, 4.69) is 31.0 Å². The molecule has 4 heteroatoms. The van der Waals surface area contributed by atoms with E-state index in [4.69, 9.17) is 4.74 Å². The van der Waals surface area contributed by atoms with Crippen molar-refractivity contribution in [2.45, 2.75) is 70.4 Å². The van der Waals surface area contributed by atoms with Crippen LogP contribution in [0.1, 0.15) is 59.3 Å². The first-order chi connectivity index (χ1) is 9.96. The van der Waals surface area contributed by atoms with Crippen molar-refractivity contribution in [2.24, 2.45) is 5.92 Å². The highest BCUT2D eigenvalue weighted by molar-refractivity contribution is 5.81. The zero-order valence-corrected chi connectivity index (χ0v) is 14.2. The highest BCUT2D eigenvalue weighted by atomic mass is 16.5. The first kappa shape index (κ1) is 16.8. The summed E-state index contributed by atoms with van der Waals surface area (Å²) in [6.45, 7) is 9.87. The number of likely N-dealkylation sites (N-methyl/N-ethyl adjacent to an activating group) is 1. The summed E-state index contributed by atoms with van der Waals surface area (Å²) in [4.78, 5) is 15.0. The van der Waals surface area contributed by atoms with Crippen LogP contribution in [0.5, 0.6) is 0 Å². The molecule has 0 aromatic heterocycles. The number of nitrogens with one attached hydrogen (secondary N) is 1. The first-order valence-electron chi connectivity index (χ1n) is 8.55. The average molecular weight is 296 g/mol. The Balaban J connectivity index is 2.02. The third-order valence-corrected chi connectivity index (χ3v) is 5.68. The van der Waals surface area contributed by atoms with Gasteiger partial charge in [0.1, 0.15) is 5.54 Å². The molecule has 2 fully saturated rings. The Morgan fingerprint density at radius 3 is 2.67 bits per heavy atom. The molecular weight excluding hydrogens is 264 g/mol. The number of carbonyl (C=O) groups excluding carboxylic acids is 1. The predicted molar refractivity (Wildman–Crippen MR) is 85.3 cm³/mol. The lowest BCUT2D eigenvalue weighted by atomic mass is 9.84. The Labute approximate surface area is 129 Å². The molecule has 4 nitrogen and oxygen atoms in total. The Bertz CT molecular complexity index is 370. The quantitative estimate of drug-likeness (QED) is 0.765. The lowest BCUT2D eigenvalue weighted by Crippen LogP contribution is -2.56. The van der Waals surface area contributed by atoms with E-state index in [1.807, 2.05) is 0 Å². The fourth-order valence-corrected chi connectivity index (χ4v) is 4.43. The van der Waals surface area contributed by atoms with Crippen LogP contribution in [0, 0.1) is 5.92 Å². The van der Waals surface area contributed by atoms with Crippen molar-refractivity contribution < 1.29 is 9.53 Å². The van der Waals surface area contributed by atoms with Crippen LogP contribution in [-0.2, 0) is 9.53 Å². The standard InChI is InChI=1S/C17H32N2O2/c1-5-18-17(15(20)21-4)11-6-8-14(17)9-13-19-12-7-10-16(19,2)3/h14,18H,5-13H2,1-4H3. The summed E-state index contributed by atoms with van der Waals surface area (Å²) >= 11 is 0. The fraction of sp³-hybridized carbons (Fsp3) is 0.941. The highest BCUT2D eigenvalue weighted by Crippen LogP contribution is 2.40. The molecule has 0 amide bonds. The van der Waals surface area contributed by atoms with Crippen LogP contribution < -0.4 is 5.32 Å². The molecule has 0 spiro atoms. The van der Waals surface area contributed by atoms with Gasteiger partial charge in [-0.25, -0.2) is 0 Å². The Kier molecular flexibility index (Phi) is 5.31. The van der Waals surface area contributed by atoms with Crippen molar-refractivity contribution in [1.82, 2.24) is 10.2 Å². The minimum absolute atomic E-state index is 0.0625. The van der Waals surface area contributed by atoms with Gasteiger partial charge in [-0.2, -0.15) is 0 Å². The molecule has 21 heavy (non-hydrogen) atoms. The molecule has 1 saturated heterocycles. The summed E-state index contributed by atoms with van der Waals surface area (Å²) in [7, 11) is 1.51. The zero-order valence-electron chi connectivity index (χ0n) is 14.2. The molecule has 122 valence electrons. The number of esters is 1. The summed E-state index contributed by atoms with van der Waals surface area (Å²) < 4.78 is 5.12. The molecule has 0 bridgehead atoms. The van der Waals surface area contributed by atoms with Crippen LogP contribution in [0.25, 0.3) is 0 Å². The number of hydrogen-bond acceptors (Lipinski definition) is 4. The maximum atomic E-state index is 12.4. The molecule has 1 N–H and O–H groups in total. The van der Waals surface area contributed by atoms with E-state index in [0.717, 1.165) is 38.8 Å². The Hall–Kier alpha value is -0.610. The molecule has 2 aliphatic rings. The monoisotopic (exact) mass is 296 g/mol. The second-order valence-electron chi connectivity index (χ2n) is 7.27. The first-order valence-corrected chi connectivity index (χ1v) is 8.55. The van der Waals surface area contributed by atoms with Crippen LogP contribution in [0.3, 0.4) is 0 Å². The molecule has 1 heterocycles. The van der Waals surface area contributed by atoms with Crippen molar-refractivity contribution >= 4 is 5.97 Å². The van der Waals surface area contributed by atoms with Gasteiger partial charge in [0.2, 0.25) is 0 Å². The number of likely N-dealkylation sites (tertiary alicyclic amines) is 1. The van der Waals surface area contributed by atoms with Gasteiger partial charge >= 0.3 is 5.97 Å². The van der Waals surface area contributed by atoms with Crippen molar-refractivity contribution in [3.63, 3.8) is 0 Å². The molecular formula is C17H32N2O2. The molecule has 1 aliphatic heterocycles. The smallest absolute Gasteiger partial charge is 0.326 e. The summed E-state index contributed by atoms with van der Waals surface area (Å²) in [5.74, 6) is 0.342. The third-order valence-electron chi connectivity index (χ3n) is 5.68. The van der Waals surface area contributed by atoms with Crippen LogP contribution >= 0.6 is 0 Å². The van der Waals surface area contributed by atoms with Crippen molar-refractivity contribution in [2.75, 3.05) is 26.7 Å². The van der Waals surface area contributed by atoms with Crippen LogP contribution in [-0.4, -0.2) is 48.7 Å². The summed E-state index contributed by atoms with van der Waals surface area (Å²) in [6.07, 6.45) is 6.85. The molecule has 0 aromatic carbocycles. The topological polar surface area (TPSA) is 41.6 Å². The second-order valence-corrected chi connectivity index (χ2v) is 7.27. The number of ether oxygens (including phenoxy) is 1. The van der Waals surface area contributed by atoms with Gasteiger partial charge in [-0.15, -0.1) is 0 Å². The molecule has 1 aliphatic carbocycles. The summed E-state index contributed by atoms with van der Waals surface area (Å²) in [5.41, 5.74) is -0.113. The van der Waals surface area contributed by atoms with Crippen LogP contribution in [0.2, 0.25) is 0 Å². The number of rotatable bonds is 6. The van der Waals surface area contributed by atoms with E-state index in [-0.39, 0.29) is 5.97 Å². The summed E-state index contributed by atoms with van der Waals surface area (Å²) in [6, 6.07) is 0. The molecule has 2 atom stereocenters. The average Bonchev–Trinajstić information content (AvgIpc) is 3.00. The van der Waals surface area contributed by atoms with E-state index in [1.54, 1.807) is 0 Å². The van der Waals surface area contributed by atoms with Gasteiger partial charge in [-0.3, -0.25) is 9.69 Å². The number of carbonyl (C=O) groups is 1. The van der Waals surface area contributed by atoms with E-state index >= 15 is 0 Å². The minimum Gasteiger partial charge on any atom is -0.468 e.